The van der Waals surface area contributed by atoms with Gasteiger partial charge in [-0.2, -0.15) is 10.4 Å². The van der Waals surface area contributed by atoms with E-state index in [1.807, 2.05) is 74.8 Å². The molecule has 1 aliphatic rings. The van der Waals surface area contributed by atoms with Crippen molar-refractivity contribution in [1.29, 1.82) is 5.26 Å². The van der Waals surface area contributed by atoms with E-state index in [2.05, 4.69) is 35.5 Å². The van der Waals surface area contributed by atoms with Gasteiger partial charge in [0.25, 0.3) is 5.91 Å². The number of nitrogens with one attached hydrogen (secondary N) is 1. The number of nitriles is 1. The van der Waals surface area contributed by atoms with E-state index in [1.54, 1.807) is 16.7 Å². The summed E-state index contributed by atoms with van der Waals surface area (Å²) in [5.41, 5.74) is 6.45. The Bertz CT molecular complexity index is 1400. The van der Waals surface area contributed by atoms with Crippen LogP contribution in [0.4, 0.5) is 5.69 Å². The maximum Gasteiger partial charge on any atom is 0.277 e. The molecular formula is C29H29N5O2. The average Bonchev–Trinajstić information content (AvgIpc) is 3.30. The molecule has 1 aromatic heterocycles. The normalized spacial score (nSPS) is 12.3. The topological polar surface area (TPSA) is 83.2 Å². The van der Waals surface area contributed by atoms with Gasteiger partial charge in [0, 0.05) is 17.8 Å². The molecule has 0 radical (unpaired) electrons. The zero-order chi connectivity index (χ0) is 25.7. The van der Waals surface area contributed by atoms with Crippen LogP contribution < -0.4 is 15.0 Å². The van der Waals surface area contributed by atoms with Gasteiger partial charge in [-0.05, 0) is 80.5 Å². The molecule has 1 aliphatic heterocycles. The lowest BCUT2D eigenvalue weighted by Gasteiger charge is -2.27. The third kappa shape index (κ3) is 4.72. The van der Waals surface area contributed by atoms with Crippen LogP contribution in [0.2, 0.25) is 0 Å². The molecule has 0 saturated heterocycles. The van der Waals surface area contributed by atoms with Gasteiger partial charge in [0.15, 0.2) is 5.69 Å². The van der Waals surface area contributed by atoms with Crippen molar-refractivity contribution in [1.82, 2.24) is 15.1 Å². The Morgan fingerprint density at radius 3 is 2.22 bits per heavy atom. The molecule has 0 unspecified atom stereocenters. The molecule has 7 nitrogen and oxygen atoms in total. The molecule has 0 fully saturated rings. The number of benzene rings is 3. The quantitative estimate of drug-likeness (QED) is 0.456. The summed E-state index contributed by atoms with van der Waals surface area (Å²) in [6, 6.07) is 25.7. The molecule has 1 N–H and O–H groups in total. The van der Waals surface area contributed by atoms with E-state index >= 15 is 0 Å². The predicted octanol–water partition coefficient (Wildman–Crippen LogP) is 4.77. The van der Waals surface area contributed by atoms with Crippen LogP contribution >= 0.6 is 0 Å². The van der Waals surface area contributed by atoms with Crippen molar-refractivity contribution in [2.24, 2.45) is 0 Å². The minimum Gasteiger partial charge on any atom is -0.497 e. The molecule has 0 spiro atoms. The van der Waals surface area contributed by atoms with Gasteiger partial charge < -0.3 is 15.0 Å². The van der Waals surface area contributed by atoms with Crippen LogP contribution in [0.25, 0.3) is 16.8 Å². The number of rotatable bonds is 4. The molecule has 182 valence electrons. The highest BCUT2D eigenvalue weighted by Gasteiger charge is 2.33. The van der Waals surface area contributed by atoms with Crippen LogP contribution in [-0.2, 0) is 6.42 Å². The number of anilines is 1. The van der Waals surface area contributed by atoms with Crippen LogP contribution in [0.1, 0.15) is 27.3 Å². The molecule has 1 amide bonds. The Labute approximate surface area is 211 Å². The second-order valence-electron chi connectivity index (χ2n) is 8.47. The number of hydrogen-bond acceptors (Lipinski definition) is 5. The Morgan fingerprint density at radius 1 is 0.972 bits per heavy atom. The number of hydrogen-bond donors (Lipinski definition) is 1. The summed E-state index contributed by atoms with van der Waals surface area (Å²) in [5, 5.41) is 16.8. The van der Waals surface area contributed by atoms with Crippen molar-refractivity contribution in [3.8, 4) is 28.6 Å². The largest absolute Gasteiger partial charge is 0.497 e. The number of carbonyl (C=O) groups is 1. The van der Waals surface area contributed by atoms with Gasteiger partial charge in [-0.15, -0.1) is 0 Å². The summed E-state index contributed by atoms with van der Waals surface area (Å²) < 4.78 is 6.80. The fourth-order valence-electron chi connectivity index (χ4n) is 4.32. The average molecular weight is 480 g/mol. The first-order valence-corrected chi connectivity index (χ1v) is 11.7. The summed E-state index contributed by atoms with van der Waals surface area (Å²) >= 11 is 0. The van der Waals surface area contributed by atoms with Crippen molar-refractivity contribution in [3.05, 3.63) is 95.3 Å². The third-order valence-electron chi connectivity index (χ3n) is 6.07. The van der Waals surface area contributed by atoms with E-state index in [0.717, 1.165) is 11.3 Å². The monoisotopic (exact) mass is 479 g/mol. The molecular weight excluding hydrogens is 450 g/mol. The van der Waals surface area contributed by atoms with Gasteiger partial charge in [0.2, 0.25) is 0 Å². The lowest BCUT2D eigenvalue weighted by Crippen LogP contribution is -2.38. The van der Waals surface area contributed by atoms with E-state index in [4.69, 9.17) is 4.74 Å². The zero-order valence-corrected chi connectivity index (χ0v) is 20.9. The SMILES string of the molecule is CNC.COc1ccc(-n2nc(C#N)c3c2C(=O)N(c2ccc(-c4ccccc4C)cc2)CC3)cc1. The summed E-state index contributed by atoms with van der Waals surface area (Å²) in [7, 11) is 5.35. The van der Waals surface area contributed by atoms with E-state index in [1.165, 1.54) is 11.1 Å². The highest BCUT2D eigenvalue weighted by molar-refractivity contribution is 6.07. The molecule has 4 aromatic rings. The first-order valence-electron chi connectivity index (χ1n) is 11.7. The summed E-state index contributed by atoms with van der Waals surface area (Å²) in [4.78, 5) is 15.4. The van der Waals surface area contributed by atoms with E-state index in [-0.39, 0.29) is 5.91 Å². The van der Waals surface area contributed by atoms with Gasteiger partial charge in [-0.25, -0.2) is 4.68 Å². The van der Waals surface area contributed by atoms with Gasteiger partial charge in [0.05, 0.1) is 12.8 Å². The molecule has 3 aromatic carbocycles. The number of carbonyl (C=O) groups excluding carboxylic acids is 1. The maximum absolute atomic E-state index is 13.6. The van der Waals surface area contributed by atoms with E-state index in [9.17, 15) is 10.1 Å². The summed E-state index contributed by atoms with van der Waals surface area (Å²) in [6.07, 6.45) is 0.569. The number of aryl methyl sites for hydroxylation is 1. The van der Waals surface area contributed by atoms with Crippen molar-refractivity contribution < 1.29 is 9.53 Å². The number of nitrogens with zero attached hydrogens (tertiary/aromatic N) is 4. The number of ether oxygens (including phenoxy) is 1. The number of methoxy groups -OCH3 is 1. The Hall–Kier alpha value is -4.41. The molecule has 7 heteroatoms. The maximum atomic E-state index is 13.6. The smallest absolute Gasteiger partial charge is 0.277 e. The Morgan fingerprint density at radius 2 is 1.61 bits per heavy atom. The lowest BCUT2D eigenvalue weighted by molar-refractivity contribution is 0.0973. The minimum absolute atomic E-state index is 0.162. The fourth-order valence-corrected chi connectivity index (χ4v) is 4.32. The molecule has 0 aliphatic carbocycles. The van der Waals surface area contributed by atoms with E-state index < -0.39 is 0 Å². The standard InChI is InChI=1S/C27H22N4O2.C2H7N/c1-18-5-3-4-6-23(18)19-7-9-20(10-8-19)30-16-15-24-25(17-28)29-31(26(24)27(30)32)21-11-13-22(33-2)14-12-21;1-3-2/h3-14H,15-16H2,1-2H3;3H,1-2H3. The van der Waals surface area contributed by atoms with Crippen molar-refractivity contribution in [2.75, 3.05) is 32.6 Å². The fraction of sp³-hybridized carbons (Fsp3) is 0.207. The zero-order valence-electron chi connectivity index (χ0n) is 20.9. The first-order chi connectivity index (χ1) is 17.5. The Balaban J connectivity index is 0.000000967. The third-order valence-corrected chi connectivity index (χ3v) is 6.07. The Kier molecular flexibility index (Phi) is 7.47. The van der Waals surface area contributed by atoms with Crippen LogP contribution in [0.5, 0.6) is 5.75 Å². The number of aromatic nitrogens is 2. The van der Waals surface area contributed by atoms with Gasteiger partial charge in [-0.1, -0.05) is 36.4 Å². The summed E-state index contributed by atoms with van der Waals surface area (Å²) in [6.45, 7) is 2.59. The predicted molar refractivity (Wildman–Crippen MR) is 142 cm³/mol. The second kappa shape index (κ2) is 10.9. The highest BCUT2D eigenvalue weighted by Crippen LogP contribution is 2.31. The number of amides is 1. The second-order valence-corrected chi connectivity index (χ2v) is 8.47. The first kappa shape index (κ1) is 24.7. The minimum atomic E-state index is -0.162. The van der Waals surface area contributed by atoms with E-state index in [0.29, 0.717) is 41.4 Å². The van der Waals surface area contributed by atoms with Crippen LogP contribution in [0, 0.1) is 18.3 Å². The van der Waals surface area contributed by atoms with Gasteiger partial charge in [0.1, 0.15) is 17.5 Å². The van der Waals surface area contributed by atoms with Crippen molar-refractivity contribution in [3.63, 3.8) is 0 Å². The molecule has 0 atom stereocenters. The van der Waals surface area contributed by atoms with Gasteiger partial charge >= 0.3 is 0 Å². The number of fused-ring (bicyclic) bond motifs is 1. The van der Waals surface area contributed by atoms with Crippen LogP contribution in [0.15, 0.2) is 72.8 Å². The van der Waals surface area contributed by atoms with Crippen molar-refractivity contribution in [2.45, 2.75) is 13.3 Å². The van der Waals surface area contributed by atoms with Crippen molar-refractivity contribution >= 4 is 11.6 Å². The molecule has 2 heterocycles. The van der Waals surface area contributed by atoms with Gasteiger partial charge in [-0.3, -0.25) is 4.79 Å². The lowest BCUT2D eigenvalue weighted by atomic mass is 9.99. The molecule has 0 bridgehead atoms. The molecule has 5 rings (SSSR count). The highest BCUT2D eigenvalue weighted by atomic mass is 16.5. The van der Waals surface area contributed by atoms with Crippen LogP contribution in [-0.4, -0.2) is 43.4 Å². The summed E-state index contributed by atoms with van der Waals surface area (Å²) in [5.74, 6) is 0.548. The molecule has 0 saturated carbocycles. The molecule has 36 heavy (non-hydrogen) atoms. The van der Waals surface area contributed by atoms with Crippen LogP contribution in [0.3, 0.4) is 0 Å².